The van der Waals surface area contributed by atoms with Crippen molar-refractivity contribution in [3.63, 3.8) is 0 Å². The minimum atomic E-state index is 0.174. The van der Waals surface area contributed by atoms with Crippen molar-refractivity contribution < 1.29 is 0 Å². The second-order valence-electron chi connectivity index (χ2n) is 8.93. The van der Waals surface area contributed by atoms with Gasteiger partial charge in [-0.15, -0.1) is 0 Å². The lowest BCUT2D eigenvalue weighted by molar-refractivity contribution is 0.590. The molecule has 0 atom stereocenters. The van der Waals surface area contributed by atoms with Crippen LogP contribution in [-0.4, -0.2) is 9.97 Å². The molecule has 1 N–H and O–H groups in total. The molecule has 0 aliphatic carbocycles. The summed E-state index contributed by atoms with van der Waals surface area (Å²) >= 11 is 0. The second-order valence-corrected chi connectivity index (χ2v) is 8.93. The van der Waals surface area contributed by atoms with E-state index in [2.05, 4.69) is 88.1 Å². The first-order valence-corrected chi connectivity index (χ1v) is 10.6. The summed E-state index contributed by atoms with van der Waals surface area (Å²) in [6.45, 7) is 11.1. The summed E-state index contributed by atoms with van der Waals surface area (Å²) in [5.74, 6) is 1.03. The normalized spacial score (nSPS) is 11.8. The van der Waals surface area contributed by atoms with Crippen molar-refractivity contribution in [2.75, 3.05) is 0 Å². The largest absolute Gasteiger partial charge is 0.345 e. The fourth-order valence-corrected chi connectivity index (χ4v) is 3.61. The molecule has 3 aromatic rings. The molecule has 2 nitrogen and oxygen atoms in total. The number of hydrogen-bond donors (Lipinski definition) is 1. The van der Waals surface area contributed by atoms with Crippen LogP contribution in [0.15, 0.2) is 48.5 Å². The number of nitrogens with one attached hydrogen (secondary N) is 1. The molecule has 0 aliphatic rings. The summed E-state index contributed by atoms with van der Waals surface area (Å²) < 4.78 is 0. The monoisotopic (exact) mass is 374 g/mol. The average Bonchev–Trinajstić information content (AvgIpc) is 3.03. The number of hydrogen-bond acceptors (Lipinski definition) is 1. The Bertz CT molecular complexity index is 878. The third-order valence-electron chi connectivity index (χ3n) is 5.42. The number of aryl methyl sites for hydroxylation is 2. The second kappa shape index (κ2) is 8.77. The van der Waals surface area contributed by atoms with E-state index in [0.717, 1.165) is 23.6 Å². The zero-order chi connectivity index (χ0) is 20.1. The topological polar surface area (TPSA) is 28.7 Å². The fraction of sp³-hybridized carbons (Fsp3) is 0.423. The Morgan fingerprint density at radius 3 is 2.11 bits per heavy atom. The van der Waals surface area contributed by atoms with Crippen molar-refractivity contribution in [2.24, 2.45) is 0 Å². The molecule has 0 saturated carbocycles. The Kier molecular flexibility index (Phi) is 6.39. The van der Waals surface area contributed by atoms with E-state index < -0.39 is 0 Å². The van der Waals surface area contributed by atoms with E-state index in [1.54, 1.807) is 0 Å². The van der Waals surface area contributed by atoms with Crippen LogP contribution in [0.4, 0.5) is 0 Å². The molecule has 0 fully saturated rings. The van der Waals surface area contributed by atoms with Crippen LogP contribution >= 0.6 is 0 Å². The van der Waals surface area contributed by atoms with Gasteiger partial charge in [0.1, 0.15) is 5.82 Å². The summed E-state index contributed by atoms with van der Waals surface area (Å²) in [7, 11) is 0. The van der Waals surface area contributed by atoms with Crippen LogP contribution in [0.25, 0.3) is 11.3 Å². The van der Waals surface area contributed by atoms with Crippen molar-refractivity contribution in [3.8, 4) is 11.3 Å². The molecular weight excluding hydrogens is 340 g/mol. The van der Waals surface area contributed by atoms with E-state index in [1.807, 2.05) is 0 Å². The van der Waals surface area contributed by atoms with Crippen LogP contribution in [-0.2, 0) is 18.3 Å². The van der Waals surface area contributed by atoms with E-state index in [9.17, 15) is 0 Å². The van der Waals surface area contributed by atoms with Crippen molar-refractivity contribution in [2.45, 2.75) is 72.1 Å². The van der Waals surface area contributed by atoms with Crippen LogP contribution in [0.5, 0.6) is 0 Å². The molecular formula is C26H34N2. The number of unbranched alkanes of at least 4 members (excludes halogenated alkanes) is 2. The van der Waals surface area contributed by atoms with Gasteiger partial charge in [-0.25, -0.2) is 4.98 Å². The third kappa shape index (κ3) is 5.13. The van der Waals surface area contributed by atoms with Gasteiger partial charge in [-0.2, -0.15) is 0 Å². The number of rotatable bonds is 7. The molecule has 1 aromatic heterocycles. The van der Waals surface area contributed by atoms with Gasteiger partial charge in [0.05, 0.1) is 5.69 Å². The first kappa shape index (κ1) is 20.4. The minimum Gasteiger partial charge on any atom is -0.345 e. The standard InChI is InChI=1S/C26H34N2/c1-6-7-8-9-20-10-12-21(13-11-20)18-24-27-19(2)25(28-24)22-14-16-23(17-15-22)26(3,4)5/h10-17H,6-9,18H2,1-5H3,(H,27,28). The third-order valence-corrected chi connectivity index (χ3v) is 5.42. The quantitative estimate of drug-likeness (QED) is 0.443. The van der Waals surface area contributed by atoms with Crippen LogP contribution < -0.4 is 0 Å². The molecule has 28 heavy (non-hydrogen) atoms. The van der Waals surface area contributed by atoms with E-state index in [1.165, 1.54) is 47.9 Å². The van der Waals surface area contributed by atoms with Gasteiger partial charge in [-0.1, -0.05) is 89.1 Å². The molecule has 0 spiro atoms. The maximum Gasteiger partial charge on any atom is 0.111 e. The Hall–Kier alpha value is -2.35. The first-order chi connectivity index (χ1) is 13.4. The van der Waals surface area contributed by atoms with Crippen molar-refractivity contribution >= 4 is 0 Å². The highest BCUT2D eigenvalue weighted by Crippen LogP contribution is 2.27. The molecule has 0 aliphatic heterocycles. The minimum absolute atomic E-state index is 0.174. The summed E-state index contributed by atoms with van der Waals surface area (Å²) in [6, 6.07) is 17.9. The van der Waals surface area contributed by atoms with Gasteiger partial charge in [0.2, 0.25) is 0 Å². The van der Waals surface area contributed by atoms with Gasteiger partial charge in [0.15, 0.2) is 0 Å². The lowest BCUT2D eigenvalue weighted by atomic mass is 9.86. The van der Waals surface area contributed by atoms with Crippen molar-refractivity contribution in [1.29, 1.82) is 0 Å². The molecule has 0 radical (unpaired) electrons. The number of benzene rings is 2. The predicted molar refractivity (Wildman–Crippen MR) is 120 cm³/mol. The smallest absolute Gasteiger partial charge is 0.111 e. The molecule has 2 aromatic carbocycles. The van der Waals surface area contributed by atoms with Crippen LogP contribution in [0.3, 0.4) is 0 Å². The molecule has 1 heterocycles. The first-order valence-electron chi connectivity index (χ1n) is 10.6. The lowest BCUT2D eigenvalue weighted by Gasteiger charge is -2.19. The number of H-pyrrole nitrogens is 1. The van der Waals surface area contributed by atoms with E-state index in [0.29, 0.717) is 0 Å². The maximum absolute atomic E-state index is 4.89. The van der Waals surface area contributed by atoms with E-state index in [-0.39, 0.29) is 5.41 Å². The average molecular weight is 375 g/mol. The summed E-state index contributed by atoms with van der Waals surface area (Å²) in [4.78, 5) is 8.38. The summed E-state index contributed by atoms with van der Waals surface area (Å²) in [5, 5.41) is 0. The molecule has 0 amide bonds. The number of imidazole rings is 1. The zero-order valence-electron chi connectivity index (χ0n) is 18.1. The highest BCUT2D eigenvalue weighted by atomic mass is 14.9. The van der Waals surface area contributed by atoms with E-state index in [4.69, 9.17) is 4.98 Å². The molecule has 0 bridgehead atoms. The van der Waals surface area contributed by atoms with Crippen molar-refractivity contribution in [3.05, 3.63) is 76.7 Å². The summed E-state index contributed by atoms with van der Waals surface area (Å²) in [6.07, 6.45) is 5.90. The molecule has 148 valence electrons. The Balaban J connectivity index is 1.70. The van der Waals surface area contributed by atoms with Crippen LogP contribution in [0.2, 0.25) is 0 Å². The fourth-order valence-electron chi connectivity index (χ4n) is 3.61. The van der Waals surface area contributed by atoms with Gasteiger partial charge in [0.25, 0.3) is 0 Å². The molecule has 0 unspecified atom stereocenters. The molecule has 2 heteroatoms. The highest BCUT2D eigenvalue weighted by molar-refractivity contribution is 5.62. The van der Waals surface area contributed by atoms with Crippen LogP contribution in [0.1, 0.15) is 75.2 Å². The van der Waals surface area contributed by atoms with Gasteiger partial charge in [-0.05, 0) is 41.9 Å². The maximum atomic E-state index is 4.89. The van der Waals surface area contributed by atoms with Crippen LogP contribution in [0, 0.1) is 6.92 Å². The highest BCUT2D eigenvalue weighted by Gasteiger charge is 2.15. The zero-order valence-corrected chi connectivity index (χ0v) is 18.1. The molecule has 0 saturated heterocycles. The van der Waals surface area contributed by atoms with E-state index >= 15 is 0 Å². The van der Waals surface area contributed by atoms with Crippen molar-refractivity contribution in [1.82, 2.24) is 9.97 Å². The predicted octanol–water partition coefficient (Wildman–Crippen LogP) is 7.01. The van der Waals surface area contributed by atoms with Gasteiger partial charge in [-0.3, -0.25) is 0 Å². The number of aromatic amines is 1. The van der Waals surface area contributed by atoms with Gasteiger partial charge in [0, 0.05) is 17.7 Å². The Morgan fingerprint density at radius 2 is 1.50 bits per heavy atom. The number of nitrogens with zero attached hydrogens (tertiary/aromatic N) is 1. The SMILES string of the molecule is CCCCCc1ccc(Cc2nc(-c3ccc(C(C)(C)C)cc3)c(C)[nH]2)cc1. The Labute approximate surface area is 170 Å². The van der Waals surface area contributed by atoms with Gasteiger partial charge < -0.3 is 4.98 Å². The molecule has 3 rings (SSSR count). The lowest BCUT2D eigenvalue weighted by Crippen LogP contribution is -2.10. The Morgan fingerprint density at radius 1 is 0.857 bits per heavy atom. The summed E-state index contributed by atoms with van der Waals surface area (Å²) in [5.41, 5.74) is 7.65. The number of aromatic nitrogens is 2. The van der Waals surface area contributed by atoms with Gasteiger partial charge >= 0.3 is 0 Å².